The maximum atomic E-state index is 3.53. The van der Waals surface area contributed by atoms with Gasteiger partial charge < -0.3 is 5.32 Å². The molecule has 1 rings (SSSR count). The van der Waals surface area contributed by atoms with Gasteiger partial charge in [-0.2, -0.15) is 0 Å². The van der Waals surface area contributed by atoms with E-state index in [1.807, 2.05) is 0 Å². The fraction of sp³-hybridized carbons (Fsp3) is 1.00. The highest BCUT2D eigenvalue weighted by Crippen LogP contribution is 2.28. The Morgan fingerprint density at radius 1 is 1.31 bits per heavy atom. The Bertz CT molecular complexity index is 182. The first-order valence-electron chi connectivity index (χ1n) is 7.09. The normalized spacial score (nSPS) is 28.3. The van der Waals surface area contributed by atoms with Gasteiger partial charge in [0.1, 0.15) is 0 Å². The third-order valence-corrected chi connectivity index (χ3v) is 4.15. The number of hydrogen-bond donors (Lipinski definition) is 1. The zero-order valence-corrected chi connectivity index (χ0v) is 11.6. The lowest BCUT2D eigenvalue weighted by atomic mass is 9.84. The first-order valence-corrected chi connectivity index (χ1v) is 7.09. The average Bonchev–Trinajstić information content (AvgIpc) is 2.29. The standard InChI is InChI=1S/C14H30N2/c1-5-10-15-11-13(3)16(4)14-9-7-6-8-12(14)2/h12-15H,5-11H2,1-4H3. The van der Waals surface area contributed by atoms with Gasteiger partial charge in [-0.25, -0.2) is 0 Å². The molecule has 0 heterocycles. The van der Waals surface area contributed by atoms with Gasteiger partial charge in [0.05, 0.1) is 0 Å². The highest BCUT2D eigenvalue weighted by atomic mass is 15.2. The second-order valence-electron chi connectivity index (χ2n) is 5.55. The van der Waals surface area contributed by atoms with E-state index in [0.29, 0.717) is 6.04 Å². The summed E-state index contributed by atoms with van der Waals surface area (Å²) in [5.41, 5.74) is 0. The molecule has 0 saturated heterocycles. The monoisotopic (exact) mass is 226 g/mol. The van der Waals surface area contributed by atoms with E-state index in [9.17, 15) is 0 Å². The molecule has 1 aliphatic rings. The molecule has 3 atom stereocenters. The largest absolute Gasteiger partial charge is 0.315 e. The molecule has 3 unspecified atom stereocenters. The summed E-state index contributed by atoms with van der Waals surface area (Å²) in [6, 6.07) is 1.48. The van der Waals surface area contributed by atoms with Crippen LogP contribution < -0.4 is 5.32 Å². The van der Waals surface area contributed by atoms with Crippen LogP contribution in [0.4, 0.5) is 0 Å². The Morgan fingerprint density at radius 3 is 2.62 bits per heavy atom. The van der Waals surface area contributed by atoms with Gasteiger partial charge >= 0.3 is 0 Å². The van der Waals surface area contributed by atoms with E-state index in [1.54, 1.807) is 0 Å². The smallest absolute Gasteiger partial charge is 0.0192 e. The molecule has 0 bridgehead atoms. The molecule has 0 amide bonds. The fourth-order valence-electron chi connectivity index (χ4n) is 2.86. The van der Waals surface area contributed by atoms with Gasteiger partial charge in [-0.1, -0.05) is 26.7 Å². The third kappa shape index (κ3) is 4.06. The molecule has 16 heavy (non-hydrogen) atoms. The quantitative estimate of drug-likeness (QED) is 0.701. The van der Waals surface area contributed by atoms with Crippen LogP contribution in [0, 0.1) is 5.92 Å². The van der Waals surface area contributed by atoms with Crippen molar-refractivity contribution >= 4 is 0 Å². The Balaban J connectivity index is 2.33. The minimum absolute atomic E-state index is 0.664. The van der Waals surface area contributed by atoms with Gasteiger partial charge in [0.15, 0.2) is 0 Å². The molecule has 2 nitrogen and oxygen atoms in total. The summed E-state index contributed by atoms with van der Waals surface area (Å²) in [7, 11) is 2.31. The number of likely N-dealkylation sites (N-methyl/N-ethyl adjacent to an activating group) is 1. The lowest BCUT2D eigenvalue weighted by molar-refractivity contribution is 0.103. The number of rotatable bonds is 6. The number of hydrogen-bond acceptors (Lipinski definition) is 2. The lowest BCUT2D eigenvalue weighted by Gasteiger charge is -2.39. The molecule has 1 saturated carbocycles. The van der Waals surface area contributed by atoms with E-state index >= 15 is 0 Å². The van der Waals surface area contributed by atoms with Gasteiger partial charge in [0.2, 0.25) is 0 Å². The van der Waals surface area contributed by atoms with E-state index in [4.69, 9.17) is 0 Å². The van der Waals surface area contributed by atoms with Gasteiger partial charge in [-0.15, -0.1) is 0 Å². The van der Waals surface area contributed by atoms with E-state index < -0.39 is 0 Å². The second-order valence-corrected chi connectivity index (χ2v) is 5.55. The Labute approximate surface area is 102 Å². The lowest BCUT2D eigenvalue weighted by Crippen LogP contribution is -2.47. The molecule has 0 aromatic carbocycles. The summed E-state index contributed by atoms with van der Waals surface area (Å²) in [4.78, 5) is 2.60. The topological polar surface area (TPSA) is 15.3 Å². The first-order chi connectivity index (χ1) is 7.66. The fourth-order valence-corrected chi connectivity index (χ4v) is 2.86. The minimum atomic E-state index is 0.664. The summed E-state index contributed by atoms with van der Waals surface area (Å²) >= 11 is 0. The van der Waals surface area contributed by atoms with Crippen molar-refractivity contribution in [3.63, 3.8) is 0 Å². The summed E-state index contributed by atoms with van der Waals surface area (Å²) in [6.45, 7) is 9.28. The van der Waals surface area contributed by atoms with Gasteiger partial charge in [-0.3, -0.25) is 4.90 Å². The molecule has 1 fully saturated rings. The van der Waals surface area contributed by atoms with Crippen LogP contribution in [-0.2, 0) is 0 Å². The molecule has 96 valence electrons. The predicted octanol–water partition coefficient (Wildman–Crippen LogP) is 2.89. The number of nitrogens with zero attached hydrogens (tertiary/aromatic N) is 1. The van der Waals surface area contributed by atoms with Crippen molar-refractivity contribution in [1.29, 1.82) is 0 Å². The van der Waals surface area contributed by atoms with Crippen molar-refractivity contribution < 1.29 is 0 Å². The molecular weight excluding hydrogens is 196 g/mol. The second kappa shape index (κ2) is 7.29. The number of nitrogens with one attached hydrogen (secondary N) is 1. The van der Waals surface area contributed by atoms with Crippen LogP contribution in [-0.4, -0.2) is 37.1 Å². The first kappa shape index (κ1) is 14.0. The van der Waals surface area contributed by atoms with Gasteiger partial charge in [-0.05, 0) is 45.7 Å². The summed E-state index contributed by atoms with van der Waals surface area (Å²) < 4.78 is 0. The molecule has 0 aromatic rings. The van der Waals surface area contributed by atoms with Crippen LogP contribution in [0.5, 0.6) is 0 Å². The molecule has 0 aliphatic heterocycles. The van der Waals surface area contributed by atoms with Crippen LogP contribution in [0.25, 0.3) is 0 Å². The Hall–Kier alpha value is -0.0800. The summed E-state index contributed by atoms with van der Waals surface area (Å²) in [6.07, 6.45) is 6.92. The van der Waals surface area contributed by atoms with Crippen molar-refractivity contribution in [3.8, 4) is 0 Å². The zero-order chi connectivity index (χ0) is 12.0. The van der Waals surface area contributed by atoms with Crippen molar-refractivity contribution in [2.45, 2.75) is 65.0 Å². The van der Waals surface area contributed by atoms with Crippen molar-refractivity contribution in [1.82, 2.24) is 10.2 Å². The van der Waals surface area contributed by atoms with Crippen LogP contribution in [0.15, 0.2) is 0 Å². The van der Waals surface area contributed by atoms with Crippen LogP contribution in [0.2, 0.25) is 0 Å². The molecule has 0 radical (unpaired) electrons. The van der Waals surface area contributed by atoms with Gasteiger partial charge in [0, 0.05) is 18.6 Å². The van der Waals surface area contributed by atoms with E-state index in [2.05, 4.69) is 38.0 Å². The van der Waals surface area contributed by atoms with E-state index in [0.717, 1.165) is 25.0 Å². The predicted molar refractivity (Wildman–Crippen MR) is 71.8 cm³/mol. The van der Waals surface area contributed by atoms with Gasteiger partial charge in [0.25, 0.3) is 0 Å². The van der Waals surface area contributed by atoms with Crippen LogP contribution >= 0.6 is 0 Å². The Kier molecular flexibility index (Phi) is 6.37. The van der Waals surface area contributed by atoms with E-state index in [-0.39, 0.29) is 0 Å². The third-order valence-electron chi connectivity index (χ3n) is 4.15. The SMILES string of the molecule is CCCNCC(C)N(C)C1CCCCC1C. The Morgan fingerprint density at radius 2 is 2.00 bits per heavy atom. The van der Waals surface area contributed by atoms with Crippen LogP contribution in [0.1, 0.15) is 52.9 Å². The highest BCUT2D eigenvalue weighted by Gasteiger charge is 2.27. The minimum Gasteiger partial charge on any atom is -0.315 e. The molecular formula is C14H30N2. The summed E-state index contributed by atoms with van der Waals surface area (Å²) in [5.74, 6) is 0.882. The zero-order valence-electron chi connectivity index (χ0n) is 11.6. The van der Waals surface area contributed by atoms with Crippen molar-refractivity contribution in [2.24, 2.45) is 5.92 Å². The maximum Gasteiger partial charge on any atom is 0.0192 e. The average molecular weight is 226 g/mol. The summed E-state index contributed by atoms with van der Waals surface area (Å²) in [5, 5.41) is 3.53. The molecule has 1 aliphatic carbocycles. The molecule has 0 aromatic heterocycles. The maximum absolute atomic E-state index is 3.53. The van der Waals surface area contributed by atoms with Crippen molar-refractivity contribution in [2.75, 3.05) is 20.1 Å². The molecule has 1 N–H and O–H groups in total. The highest BCUT2D eigenvalue weighted by molar-refractivity contribution is 4.82. The molecule has 2 heteroatoms. The van der Waals surface area contributed by atoms with Crippen LogP contribution in [0.3, 0.4) is 0 Å². The van der Waals surface area contributed by atoms with Crippen molar-refractivity contribution in [3.05, 3.63) is 0 Å². The molecule has 0 spiro atoms. The van der Waals surface area contributed by atoms with E-state index in [1.165, 1.54) is 32.1 Å².